The molecule has 0 amide bonds. The topological polar surface area (TPSA) is 38.0 Å². The normalized spacial score (nSPS) is 19.5. The van der Waals surface area contributed by atoms with Gasteiger partial charge in [0.15, 0.2) is 0 Å². The van der Waals surface area contributed by atoms with Crippen LogP contribution in [0.15, 0.2) is 0 Å². The third-order valence-corrected chi connectivity index (χ3v) is 1.65. The van der Waals surface area contributed by atoms with Crippen molar-refractivity contribution in [2.75, 3.05) is 14.1 Å². The molecule has 0 atom stereocenters. The minimum absolute atomic E-state index is 0.536. The summed E-state index contributed by atoms with van der Waals surface area (Å²) in [6.45, 7) is 0. The summed E-state index contributed by atoms with van der Waals surface area (Å²) in [7, 11) is 3.75. The molecule has 2 nitrogen and oxygen atoms in total. The number of hydrogen-bond donors (Lipinski definition) is 2. The minimum atomic E-state index is 0.536. The van der Waals surface area contributed by atoms with Gasteiger partial charge in [-0.25, -0.2) is 0 Å². The summed E-state index contributed by atoms with van der Waals surface area (Å²) >= 11 is 0. The van der Waals surface area contributed by atoms with E-state index < -0.39 is 0 Å². The Hall–Kier alpha value is -0.0800. The van der Waals surface area contributed by atoms with Crippen LogP contribution in [0.4, 0.5) is 0 Å². The highest BCUT2D eigenvalue weighted by molar-refractivity contribution is 4.66. The van der Waals surface area contributed by atoms with Crippen molar-refractivity contribution in [1.29, 1.82) is 0 Å². The molecule has 0 heterocycles. The molecule has 0 saturated heterocycles. The first-order valence-corrected chi connectivity index (χ1v) is 4.15. The average molecular weight is 144 g/mol. The van der Waals surface area contributed by atoms with Gasteiger partial charge in [-0.15, -0.1) is 0 Å². The van der Waals surface area contributed by atoms with E-state index in [4.69, 9.17) is 5.73 Å². The maximum absolute atomic E-state index is 5.63. The Morgan fingerprint density at radius 3 is 1.70 bits per heavy atom. The fraction of sp³-hybridized carbons (Fsp3) is 1.00. The quantitative estimate of drug-likeness (QED) is 0.534. The van der Waals surface area contributed by atoms with Gasteiger partial charge < -0.3 is 11.1 Å². The largest absolute Gasteiger partial charge is 0.328 e. The summed E-state index contributed by atoms with van der Waals surface area (Å²) in [5.41, 5.74) is 5.63. The van der Waals surface area contributed by atoms with Gasteiger partial charge in [0.2, 0.25) is 0 Å². The zero-order valence-electron chi connectivity index (χ0n) is 7.19. The Morgan fingerprint density at radius 1 is 1.10 bits per heavy atom. The molecular weight excluding hydrogens is 124 g/mol. The summed E-state index contributed by atoms with van der Waals surface area (Å²) in [5.74, 6) is 0. The van der Waals surface area contributed by atoms with Gasteiger partial charge in [-0.2, -0.15) is 0 Å². The zero-order chi connectivity index (χ0) is 7.82. The lowest BCUT2D eigenvalue weighted by molar-refractivity contribution is 0.441. The standard InChI is InChI=1S/C6H13N.C2H7N/c7-6-4-2-1-3-5-6;1-3-2/h6H,1-5,7H2;3H,1-2H3. The van der Waals surface area contributed by atoms with E-state index in [1.165, 1.54) is 32.1 Å². The van der Waals surface area contributed by atoms with Crippen molar-refractivity contribution in [3.63, 3.8) is 0 Å². The van der Waals surface area contributed by atoms with E-state index in [1.54, 1.807) is 0 Å². The van der Waals surface area contributed by atoms with Gasteiger partial charge in [0.25, 0.3) is 0 Å². The summed E-state index contributed by atoms with van der Waals surface area (Å²) in [6, 6.07) is 0.536. The first-order valence-electron chi connectivity index (χ1n) is 4.15. The smallest absolute Gasteiger partial charge is 0.00388 e. The number of nitrogens with one attached hydrogen (secondary N) is 1. The molecule has 0 aliphatic heterocycles. The average Bonchev–Trinajstić information content (AvgIpc) is 1.91. The van der Waals surface area contributed by atoms with Gasteiger partial charge in [-0.1, -0.05) is 19.3 Å². The van der Waals surface area contributed by atoms with Crippen molar-refractivity contribution in [3.05, 3.63) is 0 Å². The maximum Gasteiger partial charge on any atom is 0.00388 e. The lowest BCUT2D eigenvalue weighted by atomic mass is 9.97. The van der Waals surface area contributed by atoms with Gasteiger partial charge in [0.1, 0.15) is 0 Å². The molecule has 1 rings (SSSR count). The fourth-order valence-corrected chi connectivity index (χ4v) is 1.13. The lowest BCUT2D eigenvalue weighted by Crippen LogP contribution is -2.22. The van der Waals surface area contributed by atoms with Gasteiger partial charge in [-0.05, 0) is 26.9 Å². The predicted octanol–water partition coefficient (Wildman–Crippen LogP) is 1.11. The molecule has 0 unspecified atom stereocenters. The highest BCUT2D eigenvalue weighted by Gasteiger charge is 2.06. The van der Waals surface area contributed by atoms with Crippen LogP contribution in [-0.4, -0.2) is 20.1 Å². The molecule has 62 valence electrons. The van der Waals surface area contributed by atoms with E-state index in [-0.39, 0.29) is 0 Å². The van der Waals surface area contributed by atoms with Crippen LogP contribution in [0.2, 0.25) is 0 Å². The van der Waals surface area contributed by atoms with Gasteiger partial charge in [0, 0.05) is 6.04 Å². The van der Waals surface area contributed by atoms with Crippen LogP contribution >= 0.6 is 0 Å². The van der Waals surface area contributed by atoms with Crippen molar-refractivity contribution < 1.29 is 0 Å². The zero-order valence-corrected chi connectivity index (χ0v) is 7.19. The SMILES string of the molecule is CNC.NC1CCCCC1. The monoisotopic (exact) mass is 144 g/mol. The summed E-state index contributed by atoms with van der Waals surface area (Å²) in [5, 5.41) is 2.75. The second-order valence-electron chi connectivity index (χ2n) is 2.90. The molecule has 0 spiro atoms. The van der Waals surface area contributed by atoms with E-state index in [0.717, 1.165) is 0 Å². The fourth-order valence-electron chi connectivity index (χ4n) is 1.13. The number of nitrogens with two attached hydrogens (primary N) is 1. The second-order valence-corrected chi connectivity index (χ2v) is 2.90. The summed E-state index contributed by atoms with van der Waals surface area (Å²) in [4.78, 5) is 0. The van der Waals surface area contributed by atoms with Crippen LogP contribution in [0, 0.1) is 0 Å². The molecule has 3 N–H and O–H groups in total. The molecule has 0 bridgehead atoms. The third kappa shape index (κ3) is 6.05. The highest BCUT2D eigenvalue weighted by Crippen LogP contribution is 2.14. The Balaban J connectivity index is 0.000000236. The molecule has 0 aromatic rings. The van der Waals surface area contributed by atoms with E-state index in [9.17, 15) is 0 Å². The molecule has 1 aliphatic rings. The van der Waals surface area contributed by atoms with Crippen molar-refractivity contribution in [3.8, 4) is 0 Å². The van der Waals surface area contributed by atoms with E-state index >= 15 is 0 Å². The Labute approximate surface area is 64.2 Å². The van der Waals surface area contributed by atoms with Crippen molar-refractivity contribution in [2.45, 2.75) is 38.1 Å². The van der Waals surface area contributed by atoms with E-state index in [0.29, 0.717) is 6.04 Å². The molecule has 1 aliphatic carbocycles. The molecule has 2 heteroatoms. The van der Waals surface area contributed by atoms with E-state index in [1.807, 2.05) is 14.1 Å². The van der Waals surface area contributed by atoms with Gasteiger partial charge in [0.05, 0.1) is 0 Å². The lowest BCUT2D eigenvalue weighted by Gasteiger charge is -2.15. The Bertz CT molecular complexity index is 58.3. The molecule has 1 fully saturated rings. The Morgan fingerprint density at radius 2 is 1.50 bits per heavy atom. The van der Waals surface area contributed by atoms with Crippen molar-refractivity contribution in [1.82, 2.24) is 5.32 Å². The number of rotatable bonds is 0. The summed E-state index contributed by atoms with van der Waals surface area (Å²) in [6.07, 6.45) is 6.66. The Kier molecular flexibility index (Phi) is 6.98. The molecule has 1 saturated carbocycles. The first-order chi connectivity index (χ1) is 4.81. The van der Waals surface area contributed by atoms with Gasteiger partial charge in [-0.3, -0.25) is 0 Å². The predicted molar refractivity (Wildman–Crippen MR) is 46.0 cm³/mol. The molecule has 0 aromatic carbocycles. The molecular formula is C8H20N2. The molecule has 0 aromatic heterocycles. The van der Waals surface area contributed by atoms with E-state index in [2.05, 4.69) is 5.32 Å². The second kappa shape index (κ2) is 7.03. The van der Waals surface area contributed by atoms with Crippen LogP contribution < -0.4 is 11.1 Å². The van der Waals surface area contributed by atoms with Crippen LogP contribution in [0.1, 0.15) is 32.1 Å². The maximum atomic E-state index is 5.63. The highest BCUT2D eigenvalue weighted by atomic mass is 14.7. The van der Waals surface area contributed by atoms with Crippen LogP contribution in [0.5, 0.6) is 0 Å². The van der Waals surface area contributed by atoms with Crippen LogP contribution in [-0.2, 0) is 0 Å². The third-order valence-electron chi connectivity index (χ3n) is 1.65. The van der Waals surface area contributed by atoms with Crippen molar-refractivity contribution in [2.24, 2.45) is 5.73 Å². The first kappa shape index (κ1) is 9.92. The number of hydrogen-bond acceptors (Lipinski definition) is 2. The minimum Gasteiger partial charge on any atom is -0.328 e. The van der Waals surface area contributed by atoms with Crippen molar-refractivity contribution >= 4 is 0 Å². The van der Waals surface area contributed by atoms with Crippen LogP contribution in [0.25, 0.3) is 0 Å². The summed E-state index contributed by atoms with van der Waals surface area (Å²) < 4.78 is 0. The van der Waals surface area contributed by atoms with Gasteiger partial charge >= 0.3 is 0 Å². The van der Waals surface area contributed by atoms with Crippen LogP contribution in [0.3, 0.4) is 0 Å². The molecule has 10 heavy (non-hydrogen) atoms. The molecule has 0 radical (unpaired) electrons.